The molecule has 8 heteroatoms. The van der Waals surface area contributed by atoms with Crippen molar-refractivity contribution >= 4 is 34.3 Å². The molecule has 4 rings (SSSR count). The molecule has 2 aromatic heterocycles. The highest BCUT2D eigenvalue weighted by atomic mass is 35.5. The van der Waals surface area contributed by atoms with Gasteiger partial charge in [0.15, 0.2) is 6.10 Å². The zero-order valence-electron chi connectivity index (χ0n) is 14.3. The maximum absolute atomic E-state index is 11.1. The summed E-state index contributed by atoms with van der Waals surface area (Å²) in [5.74, 6) is 0.348. The first-order valence-corrected chi connectivity index (χ1v) is 8.87. The fraction of sp³-hybridized carbons (Fsp3) is 0.211. The average molecular weight is 385 g/mol. The Hall–Kier alpha value is -3.06. The lowest BCUT2D eigenvalue weighted by molar-refractivity contribution is 0.103. The molecule has 3 aromatic rings. The standard InChI is InChI=1S/C19H17ClN4O3/c20-16-8-15(22-9-12-4-2-1-3-5-12)14-6-7-21-18(17(14)24-16)26-11-13-10-23-19(25)27-13/h1-8,13H,9-11H2,(H,22,24)(H,23,25). The lowest BCUT2D eigenvalue weighted by Gasteiger charge is -2.14. The number of carbonyl (C=O) groups excluding carboxylic acids is 1. The van der Waals surface area contributed by atoms with Crippen molar-refractivity contribution in [2.24, 2.45) is 0 Å². The lowest BCUT2D eigenvalue weighted by atomic mass is 10.2. The number of cyclic esters (lactones) is 1. The van der Waals surface area contributed by atoms with Crippen molar-refractivity contribution < 1.29 is 14.3 Å². The average Bonchev–Trinajstić information content (AvgIpc) is 3.10. The quantitative estimate of drug-likeness (QED) is 0.634. The van der Waals surface area contributed by atoms with Gasteiger partial charge in [0.25, 0.3) is 0 Å². The van der Waals surface area contributed by atoms with E-state index in [0.29, 0.717) is 29.6 Å². The van der Waals surface area contributed by atoms with E-state index in [2.05, 4.69) is 20.6 Å². The molecular weight excluding hydrogens is 368 g/mol. The first-order chi connectivity index (χ1) is 13.2. The van der Waals surface area contributed by atoms with Gasteiger partial charge in [-0.3, -0.25) is 0 Å². The minimum atomic E-state index is -0.442. The summed E-state index contributed by atoms with van der Waals surface area (Å²) in [6.45, 7) is 1.24. The van der Waals surface area contributed by atoms with Crippen LogP contribution in [0, 0.1) is 0 Å². The monoisotopic (exact) mass is 384 g/mol. The number of nitrogens with one attached hydrogen (secondary N) is 2. The Kier molecular flexibility index (Phi) is 4.93. The summed E-state index contributed by atoms with van der Waals surface area (Å²) in [6, 6.07) is 13.7. The summed E-state index contributed by atoms with van der Waals surface area (Å²) in [6.07, 6.45) is 0.854. The molecule has 0 radical (unpaired) electrons. The molecule has 138 valence electrons. The molecule has 3 heterocycles. The number of ether oxygens (including phenoxy) is 2. The minimum Gasteiger partial charge on any atom is -0.472 e. The number of halogens is 1. The summed E-state index contributed by atoms with van der Waals surface area (Å²) in [5, 5.41) is 7.16. The number of fused-ring (bicyclic) bond motifs is 1. The molecule has 1 unspecified atom stereocenters. The van der Waals surface area contributed by atoms with E-state index in [1.165, 1.54) is 0 Å². The largest absolute Gasteiger partial charge is 0.472 e. The summed E-state index contributed by atoms with van der Waals surface area (Å²) in [4.78, 5) is 19.7. The molecule has 27 heavy (non-hydrogen) atoms. The van der Waals surface area contributed by atoms with Crippen LogP contribution in [0.5, 0.6) is 5.88 Å². The van der Waals surface area contributed by atoms with Gasteiger partial charge in [-0.1, -0.05) is 41.9 Å². The SMILES string of the molecule is O=C1NCC(COc2nccc3c(NCc4ccccc4)cc(Cl)nc23)O1. The van der Waals surface area contributed by atoms with Gasteiger partial charge in [0, 0.05) is 23.8 Å². The number of amides is 1. The molecule has 1 saturated heterocycles. The molecule has 0 bridgehead atoms. The number of hydrogen-bond donors (Lipinski definition) is 2. The van der Waals surface area contributed by atoms with E-state index in [-0.39, 0.29) is 12.7 Å². The second-order valence-electron chi connectivity index (χ2n) is 6.06. The smallest absolute Gasteiger partial charge is 0.407 e. The molecule has 1 aliphatic heterocycles. The maximum atomic E-state index is 11.1. The van der Waals surface area contributed by atoms with Gasteiger partial charge >= 0.3 is 6.09 Å². The number of pyridine rings is 2. The number of aromatic nitrogens is 2. The zero-order valence-corrected chi connectivity index (χ0v) is 15.1. The van der Waals surface area contributed by atoms with Crippen LogP contribution in [0.4, 0.5) is 10.5 Å². The second-order valence-corrected chi connectivity index (χ2v) is 6.45. The van der Waals surface area contributed by atoms with Gasteiger partial charge < -0.3 is 20.1 Å². The second kappa shape index (κ2) is 7.67. The highest BCUT2D eigenvalue weighted by molar-refractivity contribution is 6.30. The first kappa shape index (κ1) is 17.4. The van der Waals surface area contributed by atoms with E-state index in [1.807, 2.05) is 36.4 Å². The van der Waals surface area contributed by atoms with Crippen LogP contribution in [0.1, 0.15) is 5.56 Å². The number of anilines is 1. The fourth-order valence-corrected chi connectivity index (χ4v) is 3.03. The van der Waals surface area contributed by atoms with Gasteiger partial charge in [-0.25, -0.2) is 14.8 Å². The van der Waals surface area contributed by atoms with Crippen LogP contribution in [0.15, 0.2) is 48.7 Å². The van der Waals surface area contributed by atoms with E-state index < -0.39 is 6.09 Å². The van der Waals surface area contributed by atoms with Crippen LogP contribution in [-0.4, -0.2) is 35.3 Å². The Bertz CT molecular complexity index is 968. The number of rotatable bonds is 6. The van der Waals surface area contributed by atoms with E-state index in [9.17, 15) is 4.79 Å². The van der Waals surface area contributed by atoms with E-state index in [0.717, 1.165) is 16.6 Å². The van der Waals surface area contributed by atoms with Gasteiger partial charge in [0.05, 0.1) is 6.54 Å². The molecule has 1 amide bonds. The van der Waals surface area contributed by atoms with Crippen LogP contribution in [0.25, 0.3) is 10.9 Å². The normalized spacial score (nSPS) is 16.0. The molecule has 7 nitrogen and oxygen atoms in total. The van der Waals surface area contributed by atoms with E-state index in [1.54, 1.807) is 12.3 Å². The molecule has 0 spiro atoms. The van der Waals surface area contributed by atoms with Crippen molar-refractivity contribution in [3.63, 3.8) is 0 Å². The molecule has 0 saturated carbocycles. The third kappa shape index (κ3) is 4.03. The maximum Gasteiger partial charge on any atom is 0.407 e. The fourth-order valence-electron chi connectivity index (χ4n) is 2.84. The van der Waals surface area contributed by atoms with Crippen molar-refractivity contribution in [2.75, 3.05) is 18.5 Å². The molecule has 2 N–H and O–H groups in total. The number of carbonyl (C=O) groups is 1. The number of hydrogen-bond acceptors (Lipinski definition) is 6. The van der Waals surface area contributed by atoms with Crippen LogP contribution >= 0.6 is 11.6 Å². The van der Waals surface area contributed by atoms with Crippen LogP contribution in [0.2, 0.25) is 5.15 Å². The third-order valence-electron chi connectivity index (χ3n) is 4.14. The Morgan fingerprint density at radius 3 is 2.93 bits per heavy atom. The van der Waals surface area contributed by atoms with Crippen molar-refractivity contribution in [3.8, 4) is 5.88 Å². The molecule has 1 aromatic carbocycles. The number of nitrogens with zero attached hydrogens (tertiary/aromatic N) is 2. The van der Waals surface area contributed by atoms with Crippen molar-refractivity contribution in [3.05, 3.63) is 59.4 Å². The molecule has 1 aliphatic rings. The van der Waals surface area contributed by atoms with Gasteiger partial charge in [-0.05, 0) is 17.7 Å². The highest BCUT2D eigenvalue weighted by Gasteiger charge is 2.23. The Labute approximate surface area is 160 Å². The predicted octanol–water partition coefficient (Wildman–Crippen LogP) is 3.38. The summed E-state index contributed by atoms with van der Waals surface area (Å²) < 4.78 is 10.8. The molecule has 0 aliphatic carbocycles. The summed E-state index contributed by atoms with van der Waals surface area (Å²) in [5.41, 5.74) is 2.55. The Morgan fingerprint density at radius 2 is 2.15 bits per heavy atom. The highest BCUT2D eigenvalue weighted by Crippen LogP contribution is 2.30. The summed E-state index contributed by atoms with van der Waals surface area (Å²) >= 11 is 6.21. The summed E-state index contributed by atoms with van der Waals surface area (Å²) in [7, 11) is 0. The third-order valence-corrected chi connectivity index (χ3v) is 4.34. The molecule has 1 atom stereocenters. The van der Waals surface area contributed by atoms with Gasteiger partial charge in [-0.15, -0.1) is 0 Å². The van der Waals surface area contributed by atoms with Crippen molar-refractivity contribution in [2.45, 2.75) is 12.6 Å². The topological polar surface area (TPSA) is 85.4 Å². The van der Waals surface area contributed by atoms with Crippen LogP contribution in [0.3, 0.4) is 0 Å². The number of alkyl carbamates (subject to hydrolysis) is 1. The molecular formula is C19H17ClN4O3. The lowest BCUT2D eigenvalue weighted by Crippen LogP contribution is -2.22. The zero-order chi connectivity index (χ0) is 18.6. The number of benzene rings is 1. The van der Waals surface area contributed by atoms with Crippen LogP contribution < -0.4 is 15.4 Å². The van der Waals surface area contributed by atoms with Gasteiger partial charge in [0.1, 0.15) is 17.3 Å². The Balaban J connectivity index is 1.56. The van der Waals surface area contributed by atoms with Crippen molar-refractivity contribution in [1.29, 1.82) is 0 Å². The van der Waals surface area contributed by atoms with Gasteiger partial charge in [-0.2, -0.15) is 0 Å². The van der Waals surface area contributed by atoms with E-state index >= 15 is 0 Å². The Morgan fingerprint density at radius 1 is 1.30 bits per heavy atom. The van der Waals surface area contributed by atoms with E-state index in [4.69, 9.17) is 21.1 Å². The first-order valence-electron chi connectivity index (χ1n) is 8.49. The van der Waals surface area contributed by atoms with Crippen LogP contribution in [-0.2, 0) is 11.3 Å². The predicted molar refractivity (Wildman–Crippen MR) is 102 cm³/mol. The van der Waals surface area contributed by atoms with Crippen molar-refractivity contribution in [1.82, 2.24) is 15.3 Å². The molecule has 1 fully saturated rings. The minimum absolute atomic E-state index is 0.186. The van der Waals surface area contributed by atoms with Gasteiger partial charge in [0.2, 0.25) is 5.88 Å².